The Bertz CT molecular complexity index is 1170. The van der Waals surface area contributed by atoms with Gasteiger partial charge in [0.25, 0.3) is 5.69 Å². The van der Waals surface area contributed by atoms with E-state index in [0.717, 1.165) is 5.69 Å². The van der Waals surface area contributed by atoms with E-state index in [1.807, 2.05) is 22.9 Å². The molecule has 0 aliphatic carbocycles. The predicted octanol–water partition coefficient (Wildman–Crippen LogP) is 1.69. The van der Waals surface area contributed by atoms with E-state index >= 15 is 0 Å². The van der Waals surface area contributed by atoms with Gasteiger partial charge in [0.15, 0.2) is 0 Å². The number of benzene rings is 1. The zero-order chi connectivity index (χ0) is 24.0. The fourth-order valence-electron chi connectivity index (χ4n) is 3.86. The number of non-ortho nitro benzene ring substituents is 1. The van der Waals surface area contributed by atoms with Gasteiger partial charge in [-0.1, -0.05) is 6.07 Å². The summed E-state index contributed by atoms with van der Waals surface area (Å²) in [6, 6.07) is 10.1. The number of nitro groups is 1. The summed E-state index contributed by atoms with van der Waals surface area (Å²) in [7, 11) is 0. The van der Waals surface area contributed by atoms with Crippen molar-refractivity contribution in [1.29, 1.82) is 0 Å². The number of morpholine rings is 2. The van der Waals surface area contributed by atoms with Crippen LogP contribution in [-0.2, 0) is 9.47 Å². The molecule has 0 saturated carbocycles. The highest BCUT2D eigenvalue weighted by atomic mass is 16.6. The van der Waals surface area contributed by atoms with Gasteiger partial charge in [-0.05, 0) is 18.2 Å². The molecule has 5 rings (SSSR count). The van der Waals surface area contributed by atoms with Gasteiger partial charge >= 0.3 is 0 Å². The van der Waals surface area contributed by atoms with E-state index in [-0.39, 0.29) is 5.69 Å². The smallest absolute Gasteiger partial charge is 0.271 e. The Hall–Kier alpha value is -4.10. The molecule has 2 aromatic heterocycles. The molecule has 0 bridgehead atoms. The van der Waals surface area contributed by atoms with Crippen LogP contribution in [0.5, 0.6) is 0 Å². The molecule has 1 aromatic carbocycles. The number of nitro benzene ring substituents is 1. The first-order valence-electron chi connectivity index (χ1n) is 11.3. The quantitative estimate of drug-likeness (QED) is 0.303. The number of nitrogens with one attached hydrogen (secondary N) is 1. The first kappa shape index (κ1) is 22.7. The normalized spacial score (nSPS) is 16.6. The van der Waals surface area contributed by atoms with Crippen molar-refractivity contribution in [2.75, 3.05) is 67.8 Å². The molecule has 2 aliphatic rings. The Morgan fingerprint density at radius 1 is 0.943 bits per heavy atom. The predicted molar refractivity (Wildman–Crippen MR) is 130 cm³/mol. The average Bonchev–Trinajstić information content (AvgIpc) is 3.38. The standard InChI is InChI=1S/C22H25N9O4/c32-31(33)18-4-1-3-17(15-18)30-6-2-5-19(30)16-23-27-20-24-21(28-7-11-34-12-8-28)26-22(25-20)29-9-13-35-14-10-29/h1-6,15-16H,7-14H2,(H,24,25,26,27)/b23-16-. The molecule has 2 fully saturated rings. The zero-order valence-corrected chi connectivity index (χ0v) is 19.0. The molecule has 1 N–H and O–H groups in total. The molecule has 2 saturated heterocycles. The summed E-state index contributed by atoms with van der Waals surface area (Å²) < 4.78 is 12.7. The van der Waals surface area contributed by atoms with Gasteiger partial charge in [0, 0.05) is 44.5 Å². The Morgan fingerprint density at radius 3 is 2.23 bits per heavy atom. The van der Waals surface area contributed by atoms with E-state index in [2.05, 4.69) is 35.3 Å². The van der Waals surface area contributed by atoms with Crippen LogP contribution in [-0.4, -0.2) is 83.3 Å². The molecule has 4 heterocycles. The summed E-state index contributed by atoms with van der Waals surface area (Å²) in [6.45, 7) is 5.28. The maximum Gasteiger partial charge on any atom is 0.271 e. The lowest BCUT2D eigenvalue weighted by molar-refractivity contribution is -0.384. The number of anilines is 3. The minimum atomic E-state index is -0.415. The van der Waals surface area contributed by atoms with Crippen LogP contribution in [0.3, 0.4) is 0 Å². The molecule has 35 heavy (non-hydrogen) atoms. The van der Waals surface area contributed by atoms with Crippen LogP contribution in [0.15, 0.2) is 47.7 Å². The van der Waals surface area contributed by atoms with Gasteiger partial charge in [-0.25, -0.2) is 5.43 Å². The lowest BCUT2D eigenvalue weighted by Crippen LogP contribution is -2.40. The topological polar surface area (TPSA) is 136 Å². The second-order valence-electron chi connectivity index (χ2n) is 7.91. The molecule has 0 unspecified atom stereocenters. The number of hydrogen-bond donors (Lipinski definition) is 1. The third-order valence-corrected chi connectivity index (χ3v) is 5.66. The monoisotopic (exact) mass is 479 g/mol. The first-order valence-corrected chi connectivity index (χ1v) is 11.3. The molecule has 3 aromatic rings. The van der Waals surface area contributed by atoms with Gasteiger partial charge in [-0.2, -0.15) is 20.1 Å². The SMILES string of the molecule is O=[N+]([O-])c1cccc(-n2cccc2/C=N\Nc2nc(N3CCOCC3)nc(N3CCOCC3)n2)c1. The van der Waals surface area contributed by atoms with Crippen molar-refractivity contribution in [2.24, 2.45) is 5.10 Å². The van der Waals surface area contributed by atoms with Crippen LogP contribution < -0.4 is 15.2 Å². The van der Waals surface area contributed by atoms with E-state index in [0.29, 0.717) is 76.1 Å². The summed E-state index contributed by atoms with van der Waals surface area (Å²) in [5, 5.41) is 15.5. The molecule has 0 spiro atoms. The van der Waals surface area contributed by atoms with E-state index < -0.39 is 4.92 Å². The number of ether oxygens (including phenoxy) is 2. The molecular formula is C22H25N9O4. The Kier molecular flexibility index (Phi) is 6.77. The fourth-order valence-corrected chi connectivity index (χ4v) is 3.86. The lowest BCUT2D eigenvalue weighted by atomic mass is 10.2. The highest BCUT2D eigenvalue weighted by molar-refractivity contribution is 5.79. The Balaban J connectivity index is 1.37. The molecular weight excluding hydrogens is 454 g/mol. The van der Waals surface area contributed by atoms with Gasteiger partial charge in [0.05, 0.1) is 48.9 Å². The zero-order valence-electron chi connectivity index (χ0n) is 19.0. The highest BCUT2D eigenvalue weighted by Crippen LogP contribution is 2.20. The van der Waals surface area contributed by atoms with Crippen LogP contribution in [0.2, 0.25) is 0 Å². The summed E-state index contributed by atoms with van der Waals surface area (Å²) in [6.07, 6.45) is 3.43. The second-order valence-corrected chi connectivity index (χ2v) is 7.91. The molecule has 0 radical (unpaired) electrons. The minimum absolute atomic E-state index is 0.0219. The number of hydrazone groups is 1. The fraction of sp³-hybridized carbons (Fsp3) is 0.364. The molecule has 0 atom stereocenters. The molecule has 0 amide bonds. The summed E-state index contributed by atoms with van der Waals surface area (Å²) in [5.74, 6) is 1.47. The van der Waals surface area contributed by atoms with Crippen LogP contribution in [0.1, 0.15) is 5.69 Å². The van der Waals surface area contributed by atoms with Crippen molar-refractivity contribution in [3.05, 3.63) is 58.4 Å². The van der Waals surface area contributed by atoms with Gasteiger partial charge in [-0.3, -0.25) is 10.1 Å². The number of aromatic nitrogens is 4. The van der Waals surface area contributed by atoms with Crippen LogP contribution in [0.25, 0.3) is 5.69 Å². The second kappa shape index (κ2) is 10.4. The Morgan fingerprint density at radius 2 is 1.60 bits per heavy atom. The molecule has 13 heteroatoms. The lowest BCUT2D eigenvalue weighted by Gasteiger charge is -2.30. The Labute approximate surface area is 201 Å². The summed E-state index contributed by atoms with van der Waals surface area (Å²) in [5.41, 5.74) is 4.33. The van der Waals surface area contributed by atoms with Crippen LogP contribution >= 0.6 is 0 Å². The van der Waals surface area contributed by atoms with Gasteiger partial charge in [0.1, 0.15) is 0 Å². The minimum Gasteiger partial charge on any atom is -0.378 e. The van der Waals surface area contributed by atoms with Crippen molar-refractivity contribution in [1.82, 2.24) is 19.5 Å². The van der Waals surface area contributed by atoms with Crippen molar-refractivity contribution in [3.63, 3.8) is 0 Å². The van der Waals surface area contributed by atoms with E-state index in [1.165, 1.54) is 12.1 Å². The summed E-state index contributed by atoms with van der Waals surface area (Å²) >= 11 is 0. The number of rotatable bonds is 7. The average molecular weight is 480 g/mol. The van der Waals surface area contributed by atoms with E-state index in [1.54, 1.807) is 18.3 Å². The first-order chi connectivity index (χ1) is 17.2. The number of hydrogen-bond acceptors (Lipinski definition) is 11. The maximum absolute atomic E-state index is 11.1. The van der Waals surface area contributed by atoms with Crippen molar-refractivity contribution >= 4 is 29.7 Å². The van der Waals surface area contributed by atoms with Crippen LogP contribution in [0.4, 0.5) is 23.5 Å². The van der Waals surface area contributed by atoms with E-state index in [9.17, 15) is 10.1 Å². The van der Waals surface area contributed by atoms with E-state index in [4.69, 9.17) is 9.47 Å². The van der Waals surface area contributed by atoms with Crippen molar-refractivity contribution in [2.45, 2.75) is 0 Å². The highest BCUT2D eigenvalue weighted by Gasteiger charge is 2.20. The maximum atomic E-state index is 11.1. The third-order valence-electron chi connectivity index (χ3n) is 5.66. The molecule has 2 aliphatic heterocycles. The number of nitrogens with zero attached hydrogens (tertiary/aromatic N) is 8. The van der Waals surface area contributed by atoms with Crippen molar-refractivity contribution < 1.29 is 14.4 Å². The largest absolute Gasteiger partial charge is 0.378 e. The molecule has 13 nitrogen and oxygen atoms in total. The molecule has 182 valence electrons. The van der Waals surface area contributed by atoms with Gasteiger partial charge in [0.2, 0.25) is 17.8 Å². The van der Waals surface area contributed by atoms with Gasteiger partial charge in [-0.15, -0.1) is 0 Å². The van der Waals surface area contributed by atoms with Gasteiger partial charge < -0.3 is 23.8 Å². The third kappa shape index (κ3) is 5.36. The summed E-state index contributed by atoms with van der Waals surface area (Å²) in [4.78, 5) is 28.7. The van der Waals surface area contributed by atoms with Crippen molar-refractivity contribution in [3.8, 4) is 5.69 Å². The van der Waals surface area contributed by atoms with Crippen LogP contribution in [0, 0.1) is 10.1 Å².